The molecule has 17 heavy (non-hydrogen) atoms. The first-order valence-corrected chi connectivity index (χ1v) is 7.53. The first-order valence-electron chi connectivity index (χ1n) is 6.99. The molecule has 0 radical (unpaired) electrons. The number of morpholine rings is 1. The molecule has 0 amide bonds. The second-order valence-corrected chi connectivity index (χ2v) is 5.52. The second-order valence-electron chi connectivity index (χ2n) is 5.21. The fourth-order valence-electron chi connectivity index (χ4n) is 2.89. The minimum Gasteiger partial charge on any atom is -0.379 e. The lowest BCUT2D eigenvalue weighted by Gasteiger charge is -2.32. The Balaban J connectivity index is 1.62. The lowest BCUT2D eigenvalue weighted by molar-refractivity contribution is 0.0377. The Hall–Kier alpha value is 0.170. The van der Waals surface area contributed by atoms with Crippen molar-refractivity contribution in [2.24, 2.45) is 5.92 Å². The van der Waals surface area contributed by atoms with Crippen LogP contribution >= 0.6 is 11.6 Å². The molecule has 1 aliphatic heterocycles. The number of hydrogen-bond acceptors (Lipinski definition) is 3. The maximum atomic E-state index is 6.04. The molecule has 4 heteroatoms. The molecule has 1 saturated heterocycles. The zero-order valence-electron chi connectivity index (χ0n) is 10.7. The average molecular weight is 261 g/mol. The van der Waals surface area contributed by atoms with E-state index in [1.807, 2.05) is 0 Å². The Labute approximate surface area is 110 Å². The van der Waals surface area contributed by atoms with Gasteiger partial charge in [0, 0.05) is 38.1 Å². The summed E-state index contributed by atoms with van der Waals surface area (Å²) in [6, 6.07) is 0.655. The third kappa shape index (κ3) is 4.40. The maximum Gasteiger partial charge on any atom is 0.0594 e. The van der Waals surface area contributed by atoms with Crippen LogP contribution in [0, 0.1) is 5.92 Å². The number of rotatable bonds is 5. The van der Waals surface area contributed by atoms with Gasteiger partial charge in [-0.05, 0) is 18.8 Å². The molecular weight excluding hydrogens is 236 g/mol. The van der Waals surface area contributed by atoms with Gasteiger partial charge in [-0.15, -0.1) is 11.6 Å². The molecule has 1 saturated carbocycles. The summed E-state index contributed by atoms with van der Waals surface area (Å²) < 4.78 is 5.35. The fraction of sp³-hybridized carbons (Fsp3) is 1.00. The monoisotopic (exact) mass is 260 g/mol. The number of nitrogens with one attached hydrogen (secondary N) is 1. The highest BCUT2D eigenvalue weighted by Gasteiger charge is 2.23. The molecular formula is C13H25ClN2O. The predicted octanol–water partition coefficient (Wildman–Crippen LogP) is 1.71. The molecule has 0 spiro atoms. The van der Waals surface area contributed by atoms with E-state index < -0.39 is 0 Å². The number of hydrogen-bond donors (Lipinski definition) is 1. The summed E-state index contributed by atoms with van der Waals surface area (Å²) in [5.41, 5.74) is 0. The van der Waals surface area contributed by atoms with E-state index in [1.165, 1.54) is 25.7 Å². The Morgan fingerprint density at radius 3 is 2.71 bits per heavy atom. The summed E-state index contributed by atoms with van der Waals surface area (Å²) in [4.78, 5) is 2.48. The number of halogens is 1. The largest absolute Gasteiger partial charge is 0.379 e. The van der Waals surface area contributed by atoms with Crippen molar-refractivity contribution in [3.8, 4) is 0 Å². The van der Waals surface area contributed by atoms with Gasteiger partial charge in [-0.3, -0.25) is 4.90 Å². The summed E-state index contributed by atoms with van der Waals surface area (Å²) in [6.45, 7) is 6.21. The third-order valence-electron chi connectivity index (χ3n) is 4.05. The normalized spacial score (nSPS) is 31.6. The lowest BCUT2D eigenvalue weighted by Crippen LogP contribution is -2.45. The first-order chi connectivity index (χ1) is 8.40. The van der Waals surface area contributed by atoms with Crippen LogP contribution in [0.1, 0.15) is 25.7 Å². The lowest BCUT2D eigenvalue weighted by atomic mass is 9.86. The van der Waals surface area contributed by atoms with E-state index in [9.17, 15) is 0 Å². The number of nitrogens with zero attached hydrogens (tertiary/aromatic N) is 1. The molecule has 0 aromatic rings. The predicted molar refractivity (Wildman–Crippen MR) is 71.7 cm³/mol. The van der Waals surface area contributed by atoms with E-state index in [1.54, 1.807) is 0 Å². The highest BCUT2D eigenvalue weighted by molar-refractivity contribution is 6.18. The van der Waals surface area contributed by atoms with E-state index in [2.05, 4.69) is 10.2 Å². The Kier molecular flexibility index (Phi) is 6.06. The summed E-state index contributed by atoms with van der Waals surface area (Å²) >= 11 is 6.04. The molecule has 100 valence electrons. The highest BCUT2D eigenvalue weighted by Crippen LogP contribution is 2.25. The van der Waals surface area contributed by atoms with Crippen LogP contribution in [0.15, 0.2) is 0 Å². The van der Waals surface area contributed by atoms with Crippen molar-refractivity contribution in [3.63, 3.8) is 0 Å². The Morgan fingerprint density at radius 2 is 1.94 bits per heavy atom. The minimum atomic E-state index is 0.655. The zero-order valence-corrected chi connectivity index (χ0v) is 11.4. The first kappa shape index (κ1) is 13.6. The van der Waals surface area contributed by atoms with Gasteiger partial charge in [0.1, 0.15) is 0 Å². The van der Waals surface area contributed by atoms with Gasteiger partial charge >= 0.3 is 0 Å². The topological polar surface area (TPSA) is 24.5 Å². The van der Waals surface area contributed by atoms with E-state index in [-0.39, 0.29) is 0 Å². The fourth-order valence-corrected chi connectivity index (χ4v) is 3.26. The van der Waals surface area contributed by atoms with Crippen LogP contribution in [0.3, 0.4) is 0 Å². The Morgan fingerprint density at radius 1 is 1.18 bits per heavy atom. The van der Waals surface area contributed by atoms with Crippen LogP contribution < -0.4 is 5.32 Å². The molecule has 2 fully saturated rings. The molecule has 2 atom stereocenters. The maximum absolute atomic E-state index is 6.04. The SMILES string of the molecule is ClCC1CCCCC1NCCN1CCOCC1. The van der Waals surface area contributed by atoms with E-state index >= 15 is 0 Å². The molecule has 1 N–H and O–H groups in total. The van der Waals surface area contributed by atoms with Crippen molar-refractivity contribution < 1.29 is 4.74 Å². The molecule has 2 unspecified atom stereocenters. The third-order valence-corrected chi connectivity index (χ3v) is 4.44. The van der Waals surface area contributed by atoms with Gasteiger partial charge in [-0.25, -0.2) is 0 Å². The van der Waals surface area contributed by atoms with E-state index in [0.717, 1.165) is 45.3 Å². The van der Waals surface area contributed by atoms with Gasteiger partial charge in [0.25, 0.3) is 0 Å². The van der Waals surface area contributed by atoms with Crippen molar-refractivity contribution >= 4 is 11.6 Å². The van der Waals surface area contributed by atoms with Gasteiger partial charge in [-0.2, -0.15) is 0 Å². The molecule has 0 aromatic carbocycles. The van der Waals surface area contributed by atoms with Gasteiger partial charge in [0.2, 0.25) is 0 Å². The van der Waals surface area contributed by atoms with Crippen LogP contribution in [0.2, 0.25) is 0 Å². The van der Waals surface area contributed by atoms with Crippen molar-refractivity contribution in [3.05, 3.63) is 0 Å². The van der Waals surface area contributed by atoms with Crippen LogP contribution in [0.5, 0.6) is 0 Å². The van der Waals surface area contributed by atoms with E-state index in [4.69, 9.17) is 16.3 Å². The van der Waals surface area contributed by atoms with Crippen LogP contribution in [-0.2, 0) is 4.74 Å². The van der Waals surface area contributed by atoms with Crippen molar-refractivity contribution in [2.45, 2.75) is 31.7 Å². The van der Waals surface area contributed by atoms with Crippen LogP contribution in [-0.4, -0.2) is 56.2 Å². The van der Waals surface area contributed by atoms with Crippen molar-refractivity contribution in [1.29, 1.82) is 0 Å². The van der Waals surface area contributed by atoms with Crippen LogP contribution in [0.25, 0.3) is 0 Å². The second kappa shape index (κ2) is 7.57. The smallest absolute Gasteiger partial charge is 0.0594 e. The van der Waals surface area contributed by atoms with Gasteiger partial charge in [-0.1, -0.05) is 12.8 Å². The van der Waals surface area contributed by atoms with Crippen molar-refractivity contribution in [2.75, 3.05) is 45.3 Å². The number of ether oxygens (including phenoxy) is 1. The van der Waals surface area contributed by atoms with Gasteiger partial charge < -0.3 is 10.1 Å². The molecule has 1 heterocycles. The van der Waals surface area contributed by atoms with Gasteiger partial charge in [0.15, 0.2) is 0 Å². The summed E-state index contributed by atoms with van der Waals surface area (Å²) in [5, 5.41) is 3.70. The highest BCUT2D eigenvalue weighted by atomic mass is 35.5. The standard InChI is InChI=1S/C13H25ClN2O/c14-11-12-3-1-2-4-13(12)15-5-6-16-7-9-17-10-8-16/h12-13,15H,1-11H2. The minimum absolute atomic E-state index is 0.655. The molecule has 2 aliphatic rings. The quantitative estimate of drug-likeness (QED) is 0.762. The molecule has 3 nitrogen and oxygen atoms in total. The summed E-state index contributed by atoms with van der Waals surface area (Å²) in [5.74, 6) is 1.50. The molecule has 2 rings (SSSR count). The Bertz CT molecular complexity index is 210. The summed E-state index contributed by atoms with van der Waals surface area (Å²) in [6.07, 6.45) is 5.33. The summed E-state index contributed by atoms with van der Waals surface area (Å²) in [7, 11) is 0. The van der Waals surface area contributed by atoms with E-state index in [0.29, 0.717) is 12.0 Å². The zero-order chi connectivity index (χ0) is 11.9. The van der Waals surface area contributed by atoms with Crippen LogP contribution in [0.4, 0.5) is 0 Å². The molecule has 0 aromatic heterocycles. The van der Waals surface area contributed by atoms with Gasteiger partial charge in [0.05, 0.1) is 13.2 Å². The average Bonchev–Trinajstić information content (AvgIpc) is 2.40. The molecule has 0 bridgehead atoms. The molecule has 1 aliphatic carbocycles. The number of alkyl halides is 1. The van der Waals surface area contributed by atoms with Crippen molar-refractivity contribution in [1.82, 2.24) is 10.2 Å².